The Hall–Kier alpha value is -3.79. The Kier molecular flexibility index (Phi) is 42.5. The second kappa shape index (κ2) is 47.8. The number of ether oxygens (including phenoxy) is 8. The molecule has 3 amide bonds. The molecule has 0 aromatic rings. The van der Waals surface area contributed by atoms with E-state index in [2.05, 4.69) is 29.8 Å². The number of amides is 3. The molecule has 4 aliphatic rings. The maximum absolute atomic E-state index is 13.6. The molecule has 0 saturated carbocycles. The molecule has 32 nitrogen and oxygen atoms in total. The van der Waals surface area contributed by atoms with Crippen molar-refractivity contribution in [1.29, 1.82) is 0 Å². The predicted octanol–water partition coefficient (Wildman–Crippen LogP) is 0.339. The van der Waals surface area contributed by atoms with Crippen LogP contribution in [0.3, 0.4) is 0 Å². The summed E-state index contributed by atoms with van der Waals surface area (Å²) < 4.78 is 46.4. The minimum absolute atomic E-state index is 0.155. The van der Waals surface area contributed by atoms with Crippen LogP contribution in [0.5, 0.6) is 0 Å². The second-order valence-corrected chi connectivity index (χ2v) is 27.9. The fourth-order valence-electron chi connectivity index (χ4n) is 13.5. The van der Waals surface area contributed by atoms with E-state index in [1.54, 1.807) is 6.08 Å². The van der Waals surface area contributed by atoms with Gasteiger partial charge < -0.3 is 136 Å². The third-order valence-electron chi connectivity index (χ3n) is 19.5. The lowest BCUT2D eigenvalue weighted by Crippen LogP contribution is -2.72. The number of hydrogen-bond acceptors (Lipinski definition) is 27. The summed E-state index contributed by atoms with van der Waals surface area (Å²) in [6.45, 7) is 1.10. The molecule has 594 valence electrons. The number of aliphatic hydroxyl groups is 14. The van der Waals surface area contributed by atoms with Crippen LogP contribution in [0.25, 0.3) is 0 Å². The number of aliphatic carboxylic acids is 2. The molecule has 4 heterocycles. The van der Waals surface area contributed by atoms with Gasteiger partial charge in [0.05, 0.1) is 69.5 Å². The molecule has 24 atom stereocenters. The van der Waals surface area contributed by atoms with E-state index in [0.29, 0.717) is 12.8 Å². The summed E-state index contributed by atoms with van der Waals surface area (Å²) in [4.78, 5) is 64.9. The molecule has 0 aromatic heterocycles. The molecule has 4 aliphatic heterocycles. The van der Waals surface area contributed by atoms with Crippen LogP contribution in [0.4, 0.5) is 0 Å². The number of carboxylic acid groups (broad SMARTS) is 2. The van der Waals surface area contributed by atoms with Crippen molar-refractivity contribution in [3.05, 3.63) is 12.2 Å². The van der Waals surface area contributed by atoms with Gasteiger partial charge in [0.25, 0.3) is 11.6 Å². The van der Waals surface area contributed by atoms with Crippen molar-refractivity contribution >= 4 is 29.7 Å². The Morgan fingerprint density at radius 1 is 0.529 bits per heavy atom. The number of carboxylic acids is 2. The molecule has 4 fully saturated rings. The van der Waals surface area contributed by atoms with Crippen LogP contribution in [0, 0.1) is 0 Å². The fraction of sp³-hybridized carbons (Fsp3) is 0.900. The van der Waals surface area contributed by atoms with Gasteiger partial charge in [-0.2, -0.15) is 0 Å². The van der Waals surface area contributed by atoms with E-state index in [4.69, 9.17) is 37.9 Å². The molecule has 0 spiro atoms. The number of carbonyl (C=O) groups is 5. The lowest BCUT2D eigenvalue weighted by Gasteiger charge is -2.51. The highest BCUT2D eigenvalue weighted by Crippen LogP contribution is 2.41. The van der Waals surface area contributed by atoms with E-state index < -0.39 is 216 Å². The first-order valence-electron chi connectivity index (χ1n) is 37.2. The average Bonchev–Trinajstić information content (AvgIpc) is 0.761. The molecular formula is C70H125N3O29. The average molecular weight is 1470 g/mol. The molecule has 1 unspecified atom stereocenters. The number of carbonyl (C=O) groups excluding carboxylic acids is 3. The van der Waals surface area contributed by atoms with E-state index >= 15 is 0 Å². The van der Waals surface area contributed by atoms with Gasteiger partial charge in [-0.05, 0) is 19.3 Å². The number of rotatable bonds is 52. The first-order chi connectivity index (χ1) is 48.7. The number of allylic oxidation sites excluding steroid dienone is 1. The predicted molar refractivity (Wildman–Crippen MR) is 363 cm³/mol. The molecule has 0 aromatic carbocycles. The van der Waals surface area contributed by atoms with Crippen LogP contribution in [-0.4, -0.2) is 290 Å². The summed E-state index contributed by atoms with van der Waals surface area (Å²) in [7, 11) is 0. The molecule has 19 N–H and O–H groups in total. The fourth-order valence-corrected chi connectivity index (χ4v) is 13.5. The number of nitrogens with one attached hydrogen (secondary N) is 3. The Morgan fingerprint density at radius 3 is 1.44 bits per heavy atom. The van der Waals surface area contributed by atoms with Crippen LogP contribution in [0.15, 0.2) is 12.2 Å². The highest BCUT2D eigenvalue weighted by molar-refractivity contribution is 5.78. The topological polar surface area (TPSA) is 519 Å². The van der Waals surface area contributed by atoms with Gasteiger partial charge in [-0.15, -0.1) is 0 Å². The van der Waals surface area contributed by atoms with Gasteiger partial charge in [0.1, 0.15) is 85.5 Å². The Morgan fingerprint density at radius 2 is 0.980 bits per heavy atom. The largest absolute Gasteiger partial charge is 0.477 e. The van der Waals surface area contributed by atoms with Crippen molar-refractivity contribution in [1.82, 2.24) is 16.0 Å². The number of hydrogen-bond donors (Lipinski definition) is 19. The van der Waals surface area contributed by atoms with E-state index in [1.165, 1.54) is 109 Å². The van der Waals surface area contributed by atoms with Gasteiger partial charge in [0.15, 0.2) is 12.6 Å². The quantitative estimate of drug-likeness (QED) is 0.0288. The van der Waals surface area contributed by atoms with Gasteiger partial charge in [-0.25, -0.2) is 9.59 Å². The summed E-state index contributed by atoms with van der Waals surface area (Å²) >= 11 is 0. The van der Waals surface area contributed by atoms with Crippen molar-refractivity contribution < 1.29 is 144 Å². The standard InChI is InChI=1S/C70H125N3O29/c1-5-7-9-11-13-15-17-19-20-22-24-26-28-30-32-34-52(84)73-44(45(80)33-31-29-27-25-23-21-18-16-14-12-10-8-6-2)41-95-65-59(89)58(88)61(51(40-77)97-65)98-66-60(90)64(56(86)49(38-75)96-66)102-70(68(93)94)36-47(82)54(72-43(4)79)63(101-70)57(87)50(39-76)99-69(67(91)92)35-46(81)53(71-42(3)78)62(100-69)55(85)48(83)37-74/h31,33,44-51,53-66,74-77,80-83,85-90H,5-30,32,34-41H2,1-4H3,(H,71,78)(H,72,79)(H,73,84)(H,91,92)(H,93,94)/b33-31+/t44-,45+,46-,47-,48+,49+,50+,51+,53+,54+,55+,56-,57+,58+,59+,60+,61+,62+,63?,64-,65+,66-,69+,70-/m0/s1. The summed E-state index contributed by atoms with van der Waals surface area (Å²) in [5.74, 6) is -13.1. The molecule has 0 radical (unpaired) electrons. The minimum Gasteiger partial charge on any atom is -0.477 e. The third kappa shape index (κ3) is 28.4. The SMILES string of the molecule is CCCCCCCCCCCCC/C=C/[C@@H](O)[C@H](CO[C@@H]1O[C@H](CO)[C@@H](O[C@@H]2O[C@H](CO)[C@H](O)[C@H](O[C@]3(C(=O)O)C[C@H](O)[C@@H](NC(C)=O)C([C@H](O)[C@@H](CO)O[C@]4(C(=O)O)C[C@H](O)[C@@H](NC(C)=O)[C@H]([C@H](O)[C@H](O)CO)O4)O3)[C@H]2O)[C@H](O)[C@H]1O)NC(=O)CCCCCCCCCCCCCCCCC. The lowest BCUT2D eigenvalue weighted by molar-refractivity contribution is -0.388. The minimum atomic E-state index is -3.39. The Balaban J connectivity index is 1.50. The maximum Gasteiger partial charge on any atom is 0.364 e. The first-order valence-corrected chi connectivity index (χ1v) is 37.2. The maximum atomic E-state index is 13.6. The van der Waals surface area contributed by atoms with Crippen LogP contribution in [0.1, 0.15) is 220 Å². The van der Waals surface area contributed by atoms with Gasteiger partial charge in [-0.3, -0.25) is 14.4 Å². The van der Waals surface area contributed by atoms with Crippen molar-refractivity contribution in [2.45, 2.75) is 366 Å². The molecule has 0 aliphatic carbocycles. The van der Waals surface area contributed by atoms with E-state index in [-0.39, 0.29) is 12.3 Å². The van der Waals surface area contributed by atoms with E-state index in [0.717, 1.165) is 65.2 Å². The smallest absolute Gasteiger partial charge is 0.364 e. The zero-order valence-corrected chi connectivity index (χ0v) is 60.1. The second-order valence-electron chi connectivity index (χ2n) is 27.9. The van der Waals surface area contributed by atoms with Crippen molar-refractivity contribution in [2.24, 2.45) is 0 Å². The first kappa shape index (κ1) is 90.6. The van der Waals surface area contributed by atoms with E-state index in [1.807, 2.05) is 6.08 Å². The van der Waals surface area contributed by atoms with Crippen molar-refractivity contribution in [3.63, 3.8) is 0 Å². The Labute approximate surface area is 598 Å². The monoisotopic (exact) mass is 1470 g/mol. The van der Waals surface area contributed by atoms with Crippen LogP contribution >= 0.6 is 0 Å². The molecule has 0 bridgehead atoms. The van der Waals surface area contributed by atoms with Crippen LogP contribution in [-0.2, 0) is 61.9 Å². The summed E-state index contributed by atoms with van der Waals surface area (Å²) in [5.41, 5.74) is 0. The summed E-state index contributed by atoms with van der Waals surface area (Å²) in [6.07, 6.45) is -8.38. The summed E-state index contributed by atoms with van der Waals surface area (Å²) in [6, 6.07) is -4.73. The molecular weight excluding hydrogens is 1350 g/mol. The number of aliphatic hydroxyl groups excluding tert-OH is 14. The van der Waals surface area contributed by atoms with Gasteiger partial charge in [0, 0.05) is 33.1 Å². The van der Waals surface area contributed by atoms with Crippen molar-refractivity contribution in [2.75, 3.05) is 33.0 Å². The Bertz CT molecular complexity index is 2410. The number of unbranched alkanes of at least 4 members (excludes halogenated alkanes) is 25. The van der Waals surface area contributed by atoms with Gasteiger partial charge in [0.2, 0.25) is 17.7 Å². The highest BCUT2D eigenvalue weighted by atomic mass is 16.8. The van der Waals surface area contributed by atoms with Crippen molar-refractivity contribution in [3.8, 4) is 0 Å². The zero-order valence-electron chi connectivity index (χ0n) is 60.1. The molecule has 32 heteroatoms. The summed E-state index contributed by atoms with van der Waals surface area (Å²) in [5, 5.41) is 185. The lowest BCUT2D eigenvalue weighted by atomic mass is 9.87. The normalized spacial score (nSPS) is 31.7. The zero-order chi connectivity index (χ0) is 75.5. The van der Waals surface area contributed by atoms with Gasteiger partial charge >= 0.3 is 11.9 Å². The van der Waals surface area contributed by atoms with E-state index in [9.17, 15) is 106 Å². The highest BCUT2D eigenvalue weighted by Gasteiger charge is 2.62. The van der Waals surface area contributed by atoms with Crippen LogP contribution < -0.4 is 16.0 Å². The molecule has 4 saturated heterocycles. The van der Waals surface area contributed by atoms with Crippen LogP contribution in [0.2, 0.25) is 0 Å². The third-order valence-corrected chi connectivity index (χ3v) is 19.5. The van der Waals surface area contributed by atoms with Gasteiger partial charge in [-0.1, -0.05) is 180 Å². The molecule has 4 rings (SSSR count). The molecule has 102 heavy (non-hydrogen) atoms.